The summed E-state index contributed by atoms with van der Waals surface area (Å²) in [5, 5.41) is 26.3. The first kappa shape index (κ1) is 19.7. The third-order valence-corrected chi connectivity index (χ3v) is 4.85. The summed E-state index contributed by atoms with van der Waals surface area (Å²) in [7, 11) is 0. The van der Waals surface area contributed by atoms with Crippen molar-refractivity contribution in [3.63, 3.8) is 0 Å². The number of carbonyl (C=O) groups is 1. The summed E-state index contributed by atoms with van der Waals surface area (Å²) in [5.41, 5.74) is 0.711. The molecule has 4 N–H and O–H groups in total. The first-order chi connectivity index (χ1) is 11.5. The Morgan fingerprint density at radius 1 is 1.20 bits per heavy atom. The summed E-state index contributed by atoms with van der Waals surface area (Å²) >= 11 is 0. The Morgan fingerprint density at radius 2 is 1.72 bits per heavy atom. The second-order valence-corrected chi connectivity index (χ2v) is 8.76. The molecule has 2 rings (SSSR count). The summed E-state index contributed by atoms with van der Waals surface area (Å²) < 4.78 is 0. The zero-order valence-corrected chi connectivity index (χ0v) is 16.0. The van der Waals surface area contributed by atoms with Crippen LogP contribution in [0.1, 0.15) is 65.5 Å². The Bertz CT molecular complexity index is 579. The van der Waals surface area contributed by atoms with Crippen molar-refractivity contribution in [2.45, 2.75) is 77.1 Å². The highest BCUT2D eigenvalue weighted by Gasteiger charge is 2.38. The quantitative estimate of drug-likeness (QED) is 0.659. The van der Waals surface area contributed by atoms with Crippen LogP contribution in [-0.4, -0.2) is 33.2 Å². The standard InChI is InChI=1S/C20H32N2O3/c1-13(18(25)15-6-8-16(23)9-7-15)21-17(24)10-14-11-19(2,3)22-20(4,5)12-14/h6-9,13-14,18,22-23,25H,10-12H2,1-5H3,(H,21,24)/t13-,18-/m0/s1. The van der Waals surface area contributed by atoms with Gasteiger partial charge in [0.1, 0.15) is 5.75 Å². The molecule has 5 nitrogen and oxygen atoms in total. The number of aromatic hydroxyl groups is 1. The molecule has 0 unspecified atom stereocenters. The largest absolute Gasteiger partial charge is 0.508 e. The monoisotopic (exact) mass is 348 g/mol. The SMILES string of the molecule is C[C@H](NC(=O)CC1CC(C)(C)NC(C)(C)C1)[C@H](O)c1ccc(O)cc1. The van der Waals surface area contributed by atoms with E-state index < -0.39 is 6.10 Å². The van der Waals surface area contributed by atoms with Gasteiger partial charge in [-0.15, -0.1) is 0 Å². The lowest BCUT2D eigenvalue weighted by molar-refractivity contribution is -0.124. The van der Waals surface area contributed by atoms with Gasteiger partial charge < -0.3 is 20.8 Å². The number of phenols is 1. The zero-order valence-electron chi connectivity index (χ0n) is 16.0. The number of piperidine rings is 1. The predicted molar refractivity (Wildman–Crippen MR) is 99.3 cm³/mol. The Morgan fingerprint density at radius 3 is 2.24 bits per heavy atom. The molecule has 1 heterocycles. The molecule has 140 valence electrons. The maximum absolute atomic E-state index is 12.5. The molecule has 1 aliphatic rings. The van der Waals surface area contributed by atoms with Gasteiger partial charge in [-0.25, -0.2) is 0 Å². The van der Waals surface area contributed by atoms with Gasteiger partial charge in [0.15, 0.2) is 0 Å². The van der Waals surface area contributed by atoms with E-state index in [2.05, 4.69) is 38.3 Å². The van der Waals surface area contributed by atoms with Crippen LogP contribution in [0, 0.1) is 5.92 Å². The van der Waals surface area contributed by atoms with Gasteiger partial charge in [0, 0.05) is 17.5 Å². The van der Waals surface area contributed by atoms with Crippen molar-refractivity contribution in [1.29, 1.82) is 0 Å². The van der Waals surface area contributed by atoms with E-state index >= 15 is 0 Å². The van der Waals surface area contributed by atoms with Crippen molar-refractivity contribution in [2.75, 3.05) is 0 Å². The van der Waals surface area contributed by atoms with E-state index in [-0.39, 0.29) is 28.8 Å². The van der Waals surface area contributed by atoms with Gasteiger partial charge in [-0.05, 0) is 71.1 Å². The first-order valence-electron chi connectivity index (χ1n) is 9.03. The van der Waals surface area contributed by atoms with Gasteiger partial charge in [0.25, 0.3) is 0 Å². The highest BCUT2D eigenvalue weighted by atomic mass is 16.3. The van der Waals surface area contributed by atoms with E-state index in [0.29, 0.717) is 17.9 Å². The van der Waals surface area contributed by atoms with Crippen LogP contribution in [-0.2, 0) is 4.79 Å². The third kappa shape index (κ3) is 5.72. The molecular weight excluding hydrogens is 316 g/mol. The van der Waals surface area contributed by atoms with Crippen LogP contribution in [0.25, 0.3) is 0 Å². The van der Waals surface area contributed by atoms with Crippen molar-refractivity contribution in [3.05, 3.63) is 29.8 Å². The van der Waals surface area contributed by atoms with Gasteiger partial charge in [-0.1, -0.05) is 12.1 Å². The number of hydrogen-bond donors (Lipinski definition) is 4. The highest BCUT2D eigenvalue weighted by molar-refractivity contribution is 5.76. The van der Waals surface area contributed by atoms with Gasteiger partial charge in [-0.2, -0.15) is 0 Å². The van der Waals surface area contributed by atoms with Crippen LogP contribution in [0.2, 0.25) is 0 Å². The molecule has 0 saturated carbocycles. The lowest BCUT2D eigenvalue weighted by atomic mass is 9.74. The van der Waals surface area contributed by atoms with Crippen LogP contribution in [0.5, 0.6) is 5.75 Å². The molecule has 1 aromatic rings. The number of benzene rings is 1. The Balaban J connectivity index is 1.91. The molecule has 1 fully saturated rings. The van der Waals surface area contributed by atoms with E-state index in [0.717, 1.165) is 12.8 Å². The number of aliphatic hydroxyl groups is 1. The molecule has 0 spiro atoms. The lowest BCUT2D eigenvalue weighted by Gasteiger charge is -2.46. The Labute approximate surface area is 150 Å². The molecular formula is C20H32N2O3. The van der Waals surface area contributed by atoms with E-state index in [9.17, 15) is 15.0 Å². The average molecular weight is 348 g/mol. The smallest absolute Gasteiger partial charge is 0.220 e. The molecule has 0 bridgehead atoms. The fourth-order valence-electron chi connectivity index (χ4n) is 4.29. The van der Waals surface area contributed by atoms with Gasteiger partial charge in [0.05, 0.1) is 12.1 Å². The summed E-state index contributed by atoms with van der Waals surface area (Å²) in [6.07, 6.45) is 1.59. The minimum atomic E-state index is -0.801. The maximum atomic E-state index is 12.5. The minimum absolute atomic E-state index is 0.0177. The van der Waals surface area contributed by atoms with E-state index in [1.807, 2.05) is 0 Å². The Kier molecular flexibility index (Phi) is 5.79. The molecule has 1 aliphatic heterocycles. The molecule has 0 aliphatic carbocycles. The number of amides is 1. The normalized spacial score (nSPS) is 22.2. The van der Waals surface area contributed by atoms with Crippen molar-refractivity contribution >= 4 is 5.91 Å². The molecule has 1 saturated heterocycles. The summed E-state index contributed by atoms with van der Waals surface area (Å²) in [6.45, 7) is 10.5. The van der Waals surface area contributed by atoms with Crippen molar-refractivity contribution < 1.29 is 15.0 Å². The number of rotatable bonds is 5. The van der Waals surface area contributed by atoms with Crippen LogP contribution < -0.4 is 10.6 Å². The van der Waals surface area contributed by atoms with Crippen LogP contribution >= 0.6 is 0 Å². The zero-order chi connectivity index (χ0) is 18.8. The fourth-order valence-corrected chi connectivity index (χ4v) is 4.29. The number of phenolic OH excluding ortho intramolecular Hbond substituents is 1. The molecule has 25 heavy (non-hydrogen) atoms. The molecule has 0 aromatic heterocycles. The summed E-state index contributed by atoms with van der Waals surface area (Å²) in [4.78, 5) is 12.5. The second kappa shape index (κ2) is 7.34. The molecule has 1 amide bonds. The average Bonchev–Trinajstić information content (AvgIpc) is 2.43. The van der Waals surface area contributed by atoms with E-state index in [1.54, 1.807) is 19.1 Å². The molecule has 1 aromatic carbocycles. The number of carbonyl (C=O) groups excluding carboxylic acids is 1. The van der Waals surface area contributed by atoms with Crippen LogP contribution in [0.4, 0.5) is 0 Å². The lowest BCUT2D eigenvalue weighted by Crippen LogP contribution is -2.58. The van der Waals surface area contributed by atoms with Crippen molar-refractivity contribution in [2.24, 2.45) is 5.92 Å². The molecule has 2 atom stereocenters. The van der Waals surface area contributed by atoms with E-state index in [1.165, 1.54) is 12.1 Å². The van der Waals surface area contributed by atoms with Gasteiger partial charge in [-0.3, -0.25) is 4.79 Å². The first-order valence-corrected chi connectivity index (χ1v) is 9.03. The number of nitrogens with one attached hydrogen (secondary N) is 2. The molecule has 5 heteroatoms. The number of hydrogen-bond acceptors (Lipinski definition) is 4. The fraction of sp³-hybridized carbons (Fsp3) is 0.650. The maximum Gasteiger partial charge on any atom is 0.220 e. The van der Waals surface area contributed by atoms with Gasteiger partial charge in [0.2, 0.25) is 5.91 Å². The predicted octanol–water partition coefficient (Wildman–Crippen LogP) is 2.88. The van der Waals surface area contributed by atoms with Crippen molar-refractivity contribution in [3.8, 4) is 5.75 Å². The minimum Gasteiger partial charge on any atom is -0.508 e. The summed E-state index contributed by atoms with van der Waals surface area (Å²) in [5.74, 6) is 0.455. The highest BCUT2D eigenvalue weighted by Crippen LogP contribution is 2.34. The third-order valence-electron chi connectivity index (χ3n) is 4.85. The number of aliphatic hydroxyl groups excluding tert-OH is 1. The molecule has 0 radical (unpaired) electrons. The Hall–Kier alpha value is -1.59. The summed E-state index contributed by atoms with van der Waals surface area (Å²) in [6, 6.07) is 6.01. The van der Waals surface area contributed by atoms with Crippen molar-refractivity contribution in [1.82, 2.24) is 10.6 Å². The second-order valence-electron chi connectivity index (χ2n) is 8.76. The van der Waals surface area contributed by atoms with Crippen LogP contribution in [0.3, 0.4) is 0 Å². The van der Waals surface area contributed by atoms with E-state index in [4.69, 9.17) is 0 Å². The topological polar surface area (TPSA) is 81.6 Å². The van der Waals surface area contributed by atoms with Crippen LogP contribution in [0.15, 0.2) is 24.3 Å². The van der Waals surface area contributed by atoms with Gasteiger partial charge >= 0.3 is 0 Å².